The van der Waals surface area contributed by atoms with Gasteiger partial charge in [0.2, 0.25) is 0 Å². The molecule has 0 saturated heterocycles. The monoisotopic (exact) mass is 306 g/mol. The van der Waals surface area contributed by atoms with Gasteiger partial charge in [-0.3, -0.25) is 0 Å². The zero-order valence-electron chi connectivity index (χ0n) is 11.3. The van der Waals surface area contributed by atoms with E-state index in [9.17, 15) is 0 Å². The molecule has 0 spiro atoms. The molecule has 20 heavy (non-hydrogen) atoms. The molecule has 0 aliphatic heterocycles. The molecule has 0 radical (unpaired) electrons. The molecule has 0 unspecified atom stereocenters. The van der Waals surface area contributed by atoms with E-state index in [0.29, 0.717) is 12.4 Å². The van der Waals surface area contributed by atoms with Gasteiger partial charge in [-0.25, -0.2) is 4.68 Å². The van der Waals surface area contributed by atoms with Crippen molar-refractivity contribution in [3.8, 4) is 0 Å². The minimum Gasteiger partial charge on any atom is -0.381 e. The van der Waals surface area contributed by atoms with Gasteiger partial charge in [-0.1, -0.05) is 48.9 Å². The number of halogens is 1. The fourth-order valence-electron chi connectivity index (χ4n) is 2.35. The van der Waals surface area contributed by atoms with Gasteiger partial charge in [-0.15, -0.1) is 16.4 Å². The lowest BCUT2D eigenvalue weighted by Crippen LogP contribution is -2.08. The van der Waals surface area contributed by atoms with Gasteiger partial charge in [0.25, 0.3) is 0 Å². The van der Waals surface area contributed by atoms with Gasteiger partial charge in [0.15, 0.2) is 5.82 Å². The van der Waals surface area contributed by atoms with Gasteiger partial charge < -0.3 is 5.73 Å². The standard InChI is InChI=1S/C14H15ClN4S/c1-8(2)13-14(16)17-18-19(13)7-11-12(15)9-5-3-4-6-10(9)20-11/h3-6,8H,7,16H2,1-2H3. The number of nitrogen functional groups attached to an aromatic ring is 1. The van der Waals surface area contributed by atoms with Crippen molar-refractivity contribution in [2.45, 2.75) is 26.3 Å². The maximum Gasteiger partial charge on any atom is 0.169 e. The average molecular weight is 307 g/mol. The predicted molar refractivity (Wildman–Crippen MR) is 84.5 cm³/mol. The van der Waals surface area contributed by atoms with E-state index in [0.717, 1.165) is 21.0 Å². The Kier molecular flexibility index (Phi) is 3.40. The first-order valence-corrected chi connectivity index (χ1v) is 7.62. The van der Waals surface area contributed by atoms with E-state index in [-0.39, 0.29) is 5.92 Å². The molecule has 0 aliphatic carbocycles. The van der Waals surface area contributed by atoms with Crippen LogP contribution in [0.2, 0.25) is 5.02 Å². The van der Waals surface area contributed by atoms with E-state index in [1.165, 1.54) is 4.70 Å². The number of aromatic nitrogens is 3. The van der Waals surface area contributed by atoms with Crippen LogP contribution in [0.1, 0.15) is 30.3 Å². The molecule has 3 rings (SSSR count). The second-order valence-electron chi connectivity index (χ2n) is 5.01. The topological polar surface area (TPSA) is 56.7 Å². The molecular formula is C14H15ClN4S. The Morgan fingerprint density at radius 1 is 1.35 bits per heavy atom. The number of benzene rings is 1. The number of nitrogens with zero attached hydrogens (tertiary/aromatic N) is 3. The van der Waals surface area contributed by atoms with Gasteiger partial charge in [-0.2, -0.15) is 0 Å². The Hall–Kier alpha value is -1.59. The van der Waals surface area contributed by atoms with E-state index >= 15 is 0 Å². The van der Waals surface area contributed by atoms with Crippen LogP contribution in [0.25, 0.3) is 10.1 Å². The van der Waals surface area contributed by atoms with Crippen molar-refractivity contribution in [2.24, 2.45) is 0 Å². The van der Waals surface area contributed by atoms with Crippen LogP contribution in [0.15, 0.2) is 24.3 Å². The van der Waals surface area contributed by atoms with Gasteiger partial charge >= 0.3 is 0 Å². The highest BCUT2D eigenvalue weighted by molar-refractivity contribution is 7.19. The second kappa shape index (κ2) is 5.07. The maximum absolute atomic E-state index is 6.46. The van der Waals surface area contributed by atoms with E-state index in [1.54, 1.807) is 11.3 Å². The van der Waals surface area contributed by atoms with Crippen LogP contribution < -0.4 is 5.73 Å². The maximum atomic E-state index is 6.46. The van der Waals surface area contributed by atoms with Gasteiger partial charge in [0.05, 0.1) is 17.3 Å². The molecule has 0 bridgehead atoms. The van der Waals surface area contributed by atoms with Crippen molar-refractivity contribution in [1.82, 2.24) is 15.0 Å². The lowest BCUT2D eigenvalue weighted by Gasteiger charge is -2.08. The summed E-state index contributed by atoms with van der Waals surface area (Å²) in [7, 11) is 0. The third-order valence-electron chi connectivity index (χ3n) is 3.24. The fraction of sp³-hybridized carbons (Fsp3) is 0.286. The summed E-state index contributed by atoms with van der Waals surface area (Å²) in [6, 6.07) is 8.13. The van der Waals surface area contributed by atoms with E-state index in [4.69, 9.17) is 17.3 Å². The van der Waals surface area contributed by atoms with Crippen LogP contribution in [0, 0.1) is 0 Å². The summed E-state index contributed by atoms with van der Waals surface area (Å²) in [5.74, 6) is 0.774. The van der Waals surface area contributed by atoms with Gasteiger partial charge in [0, 0.05) is 15.0 Å². The third kappa shape index (κ3) is 2.17. The molecule has 2 aromatic heterocycles. The van der Waals surface area contributed by atoms with Crippen LogP contribution in [0.3, 0.4) is 0 Å². The van der Waals surface area contributed by atoms with E-state index in [2.05, 4.69) is 30.2 Å². The summed E-state index contributed by atoms with van der Waals surface area (Å²) >= 11 is 8.15. The molecule has 0 saturated carbocycles. The minimum absolute atomic E-state index is 0.276. The molecular weight excluding hydrogens is 292 g/mol. The highest BCUT2D eigenvalue weighted by atomic mass is 35.5. The molecule has 2 N–H and O–H groups in total. The Labute approximate surface area is 126 Å². The molecule has 0 aliphatic rings. The Bertz CT molecular complexity index is 760. The molecule has 6 heteroatoms. The molecule has 4 nitrogen and oxygen atoms in total. The Morgan fingerprint density at radius 2 is 2.10 bits per heavy atom. The minimum atomic E-state index is 0.276. The predicted octanol–water partition coefficient (Wildman–Crippen LogP) is 3.90. The number of thiophene rings is 1. The number of hydrogen-bond acceptors (Lipinski definition) is 4. The van der Waals surface area contributed by atoms with Crippen LogP contribution in [-0.4, -0.2) is 15.0 Å². The van der Waals surface area contributed by atoms with Crippen molar-refractivity contribution in [3.05, 3.63) is 39.9 Å². The van der Waals surface area contributed by atoms with Crippen molar-refractivity contribution < 1.29 is 0 Å². The first kappa shape index (κ1) is 13.4. The largest absolute Gasteiger partial charge is 0.381 e. The first-order chi connectivity index (χ1) is 9.58. The second-order valence-corrected chi connectivity index (χ2v) is 6.52. The summed E-state index contributed by atoms with van der Waals surface area (Å²) in [6.07, 6.45) is 0. The van der Waals surface area contributed by atoms with Crippen molar-refractivity contribution in [2.75, 3.05) is 5.73 Å². The molecule has 0 fully saturated rings. The number of nitrogens with two attached hydrogens (primary N) is 1. The van der Waals surface area contributed by atoms with Crippen LogP contribution in [0.4, 0.5) is 5.82 Å². The number of anilines is 1. The average Bonchev–Trinajstić information content (AvgIpc) is 2.93. The summed E-state index contributed by atoms with van der Waals surface area (Å²) < 4.78 is 3.03. The molecule has 0 atom stereocenters. The van der Waals surface area contributed by atoms with E-state index in [1.807, 2.05) is 22.9 Å². The quantitative estimate of drug-likeness (QED) is 0.798. The lowest BCUT2D eigenvalue weighted by molar-refractivity contribution is 0.603. The molecule has 104 valence electrons. The molecule has 0 amide bonds. The van der Waals surface area contributed by atoms with Gasteiger partial charge in [0.1, 0.15) is 0 Å². The summed E-state index contributed by atoms with van der Waals surface area (Å²) in [6.45, 7) is 4.77. The van der Waals surface area contributed by atoms with Gasteiger partial charge in [-0.05, 0) is 12.0 Å². The summed E-state index contributed by atoms with van der Waals surface area (Å²) in [5.41, 5.74) is 6.84. The fourth-order valence-corrected chi connectivity index (χ4v) is 3.82. The number of hydrogen-bond donors (Lipinski definition) is 1. The molecule has 1 aromatic carbocycles. The number of fused-ring (bicyclic) bond motifs is 1. The number of rotatable bonds is 3. The smallest absolute Gasteiger partial charge is 0.169 e. The zero-order chi connectivity index (χ0) is 14.3. The molecule has 3 aromatic rings. The zero-order valence-corrected chi connectivity index (χ0v) is 12.9. The third-order valence-corrected chi connectivity index (χ3v) is 4.94. The Morgan fingerprint density at radius 3 is 2.80 bits per heavy atom. The SMILES string of the molecule is CC(C)c1c(N)nnn1Cc1sc2ccccc2c1Cl. The van der Waals surface area contributed by atoms with Crippen molar-refractivity contribution in [3.63, 3.8) is 0 Å². The van der Waals surface area contributed by atoms with Crippen LogP contribution in [0.5, 0.6) is 0 Å². The summed E-state index contributed by atoms with van der Waals surface area (Å²) in [5, 5.41) is 9.99. The van der Waals surface area contributed by atoms with Crippen LogP contribution in [-0.2, 0) is 6.54 Å². The lowest BCUT2D eigenvalue weighted by atomic mass is 10.1. The van der Waals surface area contributed by atoms with Crippen molar-refractivity contribution >= 4 is 38.8 Å². The Balaban J connectivity index is 2.04. The highest BCUT2D eigenvalue weighted by Gasteiger charge is 2.17. The van der Waals surface area contributed by atoms with E-state index < -0.39 is 0 Å². The molecule has 2 heterocycles. The van der Waals surface area contributed by atoms with Crippen LogP contribution >= 0.6 is 22.9 Å². The normalized spacial score (nSPS) is 11.6. The van der Waals surface area contributed by atoms with Crippen molar-refractivity contribution in [1.29, 1.82) is 0 Å². The summed E-state index contributed by atoms with van der Waals surface area (Å²) in [4.78, 5) is 1.08. The highest BCUT2D eigenvalue weighted by Crippen LogP contribution is 2.36. The first-order valence-electron chi connectivity index (χ1n) is 6.42.